The van der Waals surface area contributed by atoms with Crippen LogP contribution in [-0.2, 0) is 128 Å². The Hall–Kier alpha value is -9.63. The zero-order chi connectivity index (χ0) is 85.7. The number of hydrogen-bond acceptors (Lipinski definition) is 32. The minimum Gasteiger partial charge on any atom is -0.463 e. The monoisotopic (exact) mass is 1760 g/mol. The number of esters is 11. The van der Waals surface area contributed by atoms with Crippen LogP contribution in [0.4, 0.5) is 0 Å². The molecular formula is C78H78Cl6N2O32. The number of hydrogen-bond donors (Lipinski definition) is 2. The van der Waals surface area contributed by atoms with Crippen LogP contribution >= 0.6 is 69.6 Å². The zero-order valence-electron chi connectivity index (χ0n) is 63.1. The fourth-order valence-corrected chi connectivity index (χ4v) is 12.8. The Bertz CT molecular complexity index is 4340. The number of nitrogens with one attached hydrogen (secondary N) is 2. The van der Waals surface area contributed by atoms with Crippen LogP contribution in [0.2, 0.25) is 0 Å². The van der Waals surface area contributed by atoms with Gasteiger partial charge < -0.3 is 101 Å². The molecule has 34 nitrogen and oxygen atoms in total. The SMILES string of the molecule is C=CCO[C@@H]1O[C@H](COC(=O)c2ccccc2)[C@@H](O[C@@H]2O[C@H](CO[C@@H]3O[C@H](COC(C)=O)[C@@H](OC(C)=O)[C@H](OC(C)=O)[C@H]3NC(=O)C(Cl)(Cl)Cl)[C@H](OC(=O)c3ccccc3)[C@H](O[C@@H]3O[C@H](COC(C)=O)[C@@H](OC(C)=O)[C@H](OC(C)=O)[C@H]3NC(=O)C(Cl)(Cl)Cl)[C@H]2OC(=O)c2ccccc2)[C@H](OC(=O)c2ccccc2)[C@H]1OC(=O)c1ccccc1. The largest absolute Gasteiger partial charge is 0.463 e. The molecule has 5 aromatic carbocycles. The van der Waals surface area contributed by atoms with Crippen molar-refractivity contribution in [1.29, 1.82) is 0 Å². The summed E-state index contributed by atoms with van der Waals surface area (Å²) < 4.78 is 114. The molecule has 0 unspecified atom stereocenters. The first-order valence-corrected chi connectivity index (χ1v) is 38.1. The highest BCUT2D eigenvalue weighted by Crippen LogP contribution is 2.41. The van der Waals surface area contributed by atoms with Gasteiger partial charge >= 0.3 is 65.7 Å². The number of ether oxygens (including phenoxy) is 19. The van der Waals surface area contributed by atoms with Crippen LogP contribution in [0.5, 0.6) is 0 Å². The fourth-order valence-electron chi connectivity index (χ4n) is 12.5. The highest BCUT2D eigenvalue weighted by atomic mass is 35.6. The molecule has 9 rings (SSSR count). The molecule has 0 bridgehead atoms. The van der Waals surface area contributed by atoms with Crippen molar-refractivity contribution in [2.75, 3.05) is 33.0 Å². The molecule has 2 amide bonds. The van der Waals surface area contributed by atoms with Gasteiger partial charge in [-0.25, -0.2) is 24.0 Å². The van der Waals surface area contributed by atoms with Crippen LogP contribution in [-0.4, -0.2) is 241 Å². The minimum absolute atomic E-state index is 0.0207. The van der Waals surface area contributed by atoms with E-state index in [9.17, 15) is 47.9 Å². The van der Waals surface area contributed by atoms with Crippen molar-refractivity contribution in [3.63, 3.8) is 0 Å². The van der Waals surface area contributed by atoms with Crippen molar-refractivity contribution in [1.82, 2.24) is 10.6 Å². The van der Waals surface area contributed by atoms with Crippen LogP contribution < -0.4 is 10.6 Å². The highest BCUT2D eigenvalue weighted by molar-refractivity contribution is 6.76. The van der Waals surface area contributed by atoms with Crippen molar-refractivity contribution >= 4 is 147 Å². The lowest BCUT2D eigenvalue weighted by Gasteiger charge is -2.51. The smallest absolute Gasteiger partial charge is 0.338 e. The maximum absolute atomic E-state index is 15.5. The third-order valence-electron chi connectivity index (χ3n) is 17.5. The first-order chi connectivity index (χ1) is 56.1. The maximum Gasteiger partial charge on any atom is 0.338 e. The van der Waals surface area contributed by atoms with Gasteiger partial charge in [-0.05, 0) is 60.7 Å². The number of carbonyl (C=O) groups excluding carboxylic acids is 13. The Morgan fingerprint density at radius 2 is 0.619 bits per heavy atom. The quantitative estimate of drug-likeness (QED) is 0.0192. The highest BCUT2D eigenvalue weighted by Gasteiger charge is 2.62. The molecular weight excluding hydrogens is 1690 g/mol. The van der Waals surface area contributed by atoms with E-state index in [1.54, 1.807) is 18.2 Å². The summed E-state index contributed by atoms with van der Waals surface area (Å²) in [5.74, 6) is -15.3. The van der Waals surface area contributed by atoms with Gasteiger partial charge in [0.15, 0.2) is 74.0 Å². The van der Waals surface area contributed by atoms with E-state index in [4.69, 9.17) is 160 Å². The number of halogens is 6. The van der Waals surface area contributed by atoms with E-state index in [1.807, 2.05) is 0 Å². The van der Waals surface area contributed by atoms with Gasteiger partial charge in [-0.15, -0.1) is 6.58 Å². The summed E-state index contributed by atoms with van der Waals surface area (Å²) in [6, 6.07) is 31.6. The summed E-state index contributed by atoms with van der Waals surface area (Å²) in [6.45, 7) is 5.02. The molecule has 0 saturated carbocycles. The Balaban J connectivity index is 1.36. The van der Waals surface area contributed by atoms with E-state index >= 15 is 14.4 Å². The molecule has 0 aromatic heterocycles. The predicted octanol–water partition coefficient (Wildman–Crippen LogP) is 7.20. The normalized spacial score (nSPS) is 26.8. The number of alkyl halides is 6. The molecule has 5 aromatic rings. The number of carbonyl (C=O) groups is 13. The molecule has 118 heavy (non-hydrogen) atoms. The summed E-state index contributed by atoms with van der Waals surface area (Å²) in [5.41, 5.74) is -0.778. The fraction of sp³-hybridized carbons (Fsp3) is 0.423. The van der Waals surface area contributed by atoms with E-state index in [0.717, 1.165) is 41.5 Å². The van der Waals surface area contributed by atoms with Crippen molar-refractivity contribution in [3.05, 3.63) is 192 Å². The number of rotatable bonds is 31. The first-order valence-electron chi connectivity index (χ1n) is 35.8. The third-order valence-corrected chi connectivity index (χ3v) is 18.5. The Kier molecular flexibility index (Phi) is 33.5. The minimum atomic E-state index is -2.96. The van der Waals surface area contributed by atoms with Gasteiger partial charge in [-0.1, -0.05) is 167 Å². The van der Waals surface area contributed by atoms with Crippen LogP contribution in [0.1, 0.15) is 93.3 Å². The molecule has 0 radical (unpaired) electrons. The molecule has 4 heterocycles. The number of benzene rings is 5. The molecule has 4 aliphatic rings. The van der Waals surface area contributed by atoms with Gasteiger partial charge in [0, 0.05) is 41.5 Å². The van der Waals surface area contributed by atoms with Crippen LogP contribution in [0, 0.1) is 0 Å². The van der Waals surface area contributed by atoms with E-state index in [0.29, 0.717) is 0 Å². The summed E-state index contributed by atoms with van der Waals surface area (Å²) >= 11 is 37.3. The van der Waals surface area contributed by atoms with Gasteiger partial charge in [-0.3, -0.25) is 38.4 Å². The second kappa shape index (κ2) is 42.9. The standard InChI is InChI=1S/C78H78Cl6N2O32/c1-8-34-100-73-64(115-69(96)48-30-20-12-21-31-48)62(114-68(95)47-28-18-11-19-29-47)59(52(111-73)37-103-66(93)45-24-14-9-15-25-45)117-74-65(116-70(97)49-32-22-13-23-33-49)63(118-72-55(86-76(99)78(82,83)84)61(108-44(7)92)57(106-42(5)90)51(110-72)36-102-40(3)88)58(113-67(94)46-26-16-10-17-27-46)53(112-74)38-104-71-54(85-75(98)77(79,80)81)60(107-43(6)91)56(105-41(4)89)50(109-71)35-101-39(2)87/h8-33,50-65,71-74H,1,34-38H2,2-7H3,(H,85,98)(H,86,99)/t50-,51-,52-,53-,54-,55-,56-,57-,58+,59-,60-,61-,62+,63+,64-,65-,71-,72+,73-,74+/m1/s1. The first kappa shape index (κ1) is 92.3. The van der Waals surface area contributed by atoms with E-state index < -0.39 is 241 Å². The maximum atomic E-state index is 15.5. The van der Waals surface area contributed by atoms with Gasteiger partial charge in [0.05, 0.1) is 41.0 Å². The second-order valence-electron chi connectivity index (χ2n) is 26.1. The summed E-state index contributed by atoms with van der Waals surface area (Å²) in [6.07, 6.45) is -37.3. The van der Waals surface area contributed by atoms with Crippen molar-refractivity contribution in [2.24, 2.45) is 0 Å². The average Bonchev–Trinajstić information content (AvgIpc) is 0.749. The Morgan fingerprint density at radius 1 is 0.322 bits per heavy atom. The van der Waals surface area contributed by atoms with Crippen molar-refractivity contribution < 1.29 is 152 Å². The second-order valence-corrected chi connectivity index (χ2v) is 30.7. The molecule has 40 heteroatoms. The molecule has 20 atom stereocenters. The lowest BCUT2D eigenvalue weighted by atomic mass is 9.94. The molecule has 4 saturated heterocycles. The molecule has 4 aliphatic heterocycles. The lowest BCUT2D eigenvalue weighted by Crippen LogP contribution is -2.71. The van der Waals surface area contributed by atoms with E-state index in [2.05, 4.69) is 17.2 Å². The third kappa shape index (κ3) is 25.7. The molecule has 0 aliphatic carbocycles. The van der Waals surface area contributed by atoms with Crippen LogP contribution in [0.25, 0.3) is 0 Å². The molecule has 634 valence electrons. The van der Waals surface area contributed by atoms with Gasteiger partial charge in [0.2, 0.25) is 0 Å². The predicted molar refractivity (Wildman–Crippen MR) is 406 cm³/mol. The zero-order valence-corrected chi connectivity index (χ0v) is 67.7. The molecule has 4 fully saturated rings. The van der Waals surface area contributed by atoms with Crippen LogP contribution in [0.15, 0.2) is 164 Å². The summed E-state index contributed by atoms with van der Waals surface area (Å²) in [4.78, 5) is 182. The lowest BCUT2D eigenvalue weighted by molar-refractivity contribution is -0.376. The average molecular weight is 1770 g/mol. The molecule has 0 spiro atoms. The van der Waals surface area contributed by atoms with Gasteiger partial charge in [0.25, 0.3) is 19.4 Å². The Labute approximate surface area is 703 Å². The van der Waals surface area contributed by atoms with Crippen molar-refractivity contribution in [2.45, 2.75) is 172 Å². The van der Waals surface area contributed by atoms with Gasteiger partial charge in [0.1, 0.15) is 68.5 Å². The summed E-state index contributed by atoms with van der Waals surface area (Å²) in [5, 5.41) is 4.73. The van der Waals surface area contributed by atoms with Crippen molar-refractivity contribution in [3.8, 4) is 0 Å². The summed E-state index contributed by atoms with van der Waals surface area (Å²) in [7, 11) is 0. The Morgan fingerprint density at radius 3 is 1.00 bits per heavy atom. The van der Waals surface area contributed by atoms with E-state index in [1.165, 1.54) is 140 Å². The number of amides is 2. The van der Waals surface area contributed by atoms with Crippen LogP contribution in [0.3, 0.4) is 0 Å². The van der Waals surface area contributed by atoms with Gasteiger partial charge in [-0.2, -0.15) is 0 Å². The van der Waals surface area contributed by atoms with E-state index in [-0.39, 0.29) is 27.8 Å². The topological polar surface area (TPSA) is 421 Å². The molecule has 2 N–H and O–H groups in total.